The van der Waals surface area contributed by atoms with E-state index < -0.39 is 18.4 Å². The van der Waals surface area contributed by atoms with Gasteiger partial charge < -0.3 is 18.9 Å². The Hall–Kier alpha value is -2.45. The Kier molecular flexibility index (Phi) is 6.71. The van der Waals surface area contributed by atoms with Crippen molar-refractivity contribution in [3.8, 4) is 5.75 Å². The minimum atomic E-state index is -4.40. The topological polar surface area (TPSA) is 64.8 Å². The van der Waals surface area contributed by atoms with Crippen molar-refractivity contribution in [1.82, 2.24) is 10.1 Å². The number of aryl methyl sites for hydroxylation is 2. The Balaban J connectivity index is 1.55. The summed E-state index contributed by atoms with van der Waals surface area (Å²) in [5, 5.41) is 4.93. The van der Waals surface area contributed by atoms with Gasteiger partial charge >= 0.3 is 12.3 Å². The molecule has 1 aromatic heterocycles. The second-order valence-electron chi connectivity index (χ2n) is 9.05. The maximum atomic E-state index is 12.4. The number of piperidine rings is 1. The molecule has 0 N–H and O–H groups in total. The zero-order chi connectivity index (χ0) is 22.8. The number of benzene rings is 1. The van der Waals surface area contributed by atoms with Crippen molar-refractivity contribution in [3.05, 3.63) is 23.4 Å². The molecule has 1 aromatic carbocycles. The van der Waals surface area contributed by atoms with E-state index in [2.05, 4.69) is 5.16 Å². The van der Waals surface area contributed by atoms with Gasteiger partial charge in [-0.2, -0.15) is 13.2 Å². The minimum absolute atomic E-state index is 0.141. The predicted molar refractivity (Wildman–Crippen MR) is 109 cm³/mol. The number of hydrogen-bond acceptors (Lipinski definition) is 5. The molecule has 2 aromatic rings. The molecule has 6 nitrogen and oxygen atoms in total. The lowest BCUT2D eigenvalue weighted by Gasteiger charge is -2.33. The van der Waals surface area contributed by atoms with Crippen molar-refractivity contribution in [2.24, 2.45) is 5.92 Å². The molecule has 3 rings (SSSR count). The fourth-order valence-electron chi connectivity index (χ4n) is 3.74. The molecule has 9 heteroatoms. The predicted octanol–water partition coefficient (Wildman–Crippen LogP) is 5.66. The van der Waals surface area contributed by atoms with Crippen LogP contribution in [0.3, 0.4) is 0 Å². The van der Waals surface area contributed by atoms with E-state index >= 15 is 0 Å². The first-order valence-corrected chi connectivity index (χ1v) is 10.5. The number of rotatable bonds is 5. The summed E-state index contributed by atoms with van der Waals surface area (Å²) in [5.74, 6) is 0.600. The van der Waals surface area contributed by atoms with Crippen LogP contribution in [-0.4, -0.2) is 47.6 Å². The van der Waals surface area contributed by atoms with Crippen LogP contribution in [0.1, 0.15) is 51.3 Å². The van der Waals surface area contributed by atoms with E-state index in [9.17, 15) is 18.0 Å². The average molecular weight is 442 g/mol. The normalized spacial score (nSPS) is 16.0. The van der Waals surface area contributed by atoms with Crippen LogP contribution in [0, 0.1) is 12.8 Å². The molecule has 1 fully saturated rings. The molecule has 0 aliphatic carbocycles. The van der Waals surface area contributed by atoms with Crippen LogP contribution in [0.25, 0.3) is 11.0 Å². The maximum Gasteiger partial charge on any atom is 0.422 e. The lowest BCUT2D eigenvalue weighted by molar-refractivity contribution is -0.153. The minimum Gasteiger partial charge on any atom is -0.484 e. The van der Waals surface area contributed by atoms with Gasteiger partial charge in [-0.1, -0.05) is 5.16 Å². The van der Waals surface area contributed by atoms with Crippen LogP contribution in [0.2, 0.25) is 0 Å². The number of nitrogens with zero attached hydrogens (tertiary/aromatic N) is 2. The van der Waals surface area contributed by atoms with Crippen molar-refractivity contribution in [1.29, 1.82) is 0 Å². The summed E-state index contributed by atoms with van der Waals surface area (Å²) in [5.41, 5.74) is 1.24. The van der Waals surface area contributed by atoms with E-state index in [1.54, 1.807) is 17.9 Å². The Labute approximate surface area is 179 Å². The molecule has 0 radical (unpaired) electrons. The van der Waals surface area contributed by atoms with Gasteiger partial charge in [-0.25, -0.2) is 4.79 Å². The van der Waals surface area contributed by atoms with Gasteiger partial charge in [0.15, 0.2) is 12.2 Å². The van der Waals surface area contributed by atoms with Gasteiger partial charge in [-0.15, -0.1) is 0 Å². The molecule has 0 bridgehead atoms. The zero-order valence-electron chi connectivity index (χ0n) is 18.3. The molecule has 0 spiro atoms. The van der Waals surface area contributed by atoms with Gasteiger partial charge in [0.1, 0.15) is 11.4 Å². The maximum absolute atomic E-state index is 12.4. The smallest absolute Gasteiger partial charge is 0.422 e. The lowest BCUT2D eigenvalue weighted by atomic mass is 9.91. The summed E-state index contributed by atoms with van der Waals surface area (Å²) in [7, 11) is 0. The van der Waals surface area contributed by atoms with Gasteiger partial charge in [0.2, 0.25) is 0 Å². The lowest BCUT2D eigenvalue weighted by Crippen LogP contribution is -2.41. The van der Waals surface area contributed by atoms with E-state index in [0.717, 1.165) is 30.3 Å². The number of halogens is 3. The number of aromatic nitrogens is 1. The first-order valence-electron chi connectivity index (χ1n) is 10.5. The van der Waals surface area contributed by atoms with Crippen molar-refractivity contribution < 1.29 is 32.0 Å². The third kappa shape index (κ3) is 6.27. The Morgan fingerprint density at radius 2 is 1.90 bits per heavy atom. The summed E-state index contributed by atoms with van der Waals surface area (Å²) in [4.78, 5) is 13.9. The van der Waals surface area contributed by atoms with Crippen LogP contribution < -0.4 is 4.74 Å². The Morgan fingerprint density at radius 3 is 2.52 bits per heavy atom. The van der Waals surface area contributed by atoms with Crippen molar-refractivity contribution in [2.45, 2.75) is 65.2 Å². The first kappa shape index (κ1) is 23.2. The molecule has 1 amide bonds. The van der Waals surface area contributed by atoms with E-state index in [0.29, 0.717) is 36.6 Å². The van der Waals surface area contributed by atoms with Crippen LogP contribution in [-0.2, 0) is 11.2 Å². The van der Waals surface area contributed by atoms with Crippen molar-refractivity contribution in [3.63, 3.8) is 0 Å². The molecular formula is C22H29F3N2O4. The molecule has 1 saturated heterocycles. The summed E-state index contributed by atoms with van der Waals surface area (Å²) >= 11 is 0. The molecule has 0 unspecified atom stereocenters. The highest BCUT2D eigenvalue weighted by atomic mass is 19.4. The van der Waals surface area contributed by atoms with Gasteiger partial charge in [0.25, 0.3) is 0 Å². The molecule has 31 heavy (non-hydrogen) atoms. The number of hydrogen-bond donors (Lipinski definition) is 0. The third-order valence-corrected chi connectivity index (χ3v) is 5.36. The number of alkyl halides is 3. The standard InChI is InChI=1S/C22H29F3N2O4/c1-14-18(29-13-22(23,24)25)8-6-16-17(26-31-19(14)16)7-5-15-9-11-27(12-10-15)20(28)30-21(2,3)4/h6,8,15H,5,7,9-13H2,1-4H3. The first-order chi connectivity index (χ1) is 14.4. The second kappa shape index (κ2) is 8.96. The molecular weight excluding hydrogens is 413 g/mol. The van der Waals surface area contributed by atoms with Crippen LogP contribution in [0.5, 0.6) is 5.75 Å². The number of likely N-dealkylation sites (tertiary alicyclic amines) is 1. The fourth-order valence-corrected chi connectivity index (χ4v) is 3.74. The largest absolute Gasteiger partial charge is 0.484 e. The number of carbonyl (C=O) groups is 1. The van der Waals surface area contributed by atoms with Crippen molar-refractivity contribution in [2.75, 3.05) is 19.7 Å². The monoisotopic (exact) mass is 442 g/mol. The fraction of sp³-hybridized carbons (Fsp3) is 0.636. The number of carbonyl (C=O) groups excluding carboxylic acids is 1. The Bertz CT molecular complexity index is 910. The highest BCUT2D eigenvalue weighted by Gasteiger charge is 2.29. The number of ether oxygens (including phenoxy) is 2. The van der Waals surface area contributed by atoms with Gasteiger partial charge in [0, 0.05) is 24.0 Å². The van der Waals surface area contributed by atoms with E-state index in [1.807, 2.05) is 20.8 Å². The summed E-state index contributed by atoms with van der Waals surface area (Å²) in [6.07, 6.45) is -1.28. The summed E-state index contributed by atoms with van der Waals surface area (Å²) in [6, 6.07) is 3.23. The van der Waals surface area contributed by atoms with E-state index in [-0.39, 0.29) is 11.8 Å². The van der Waals surface area contributed by atoms with Gasteiger partial charge in [-0.05, 0) is 71.4 Å². The molecule has 0 saturated carbocycles. The molecule has 172 valence electrons. The molecule has 1 aliphatic heterocycles. The molecule has 2 heterocycles. The van der Waals surface area contributed by atoms with Crippen molar-refractivity contribution >= 4 is 17.1 Å². The molecule has 1 aliphatic rings. The quantitative estimate of drug-likeness (QED) is 0.598. The summed E-state index contributed by atoms with van der Waals surface area (Å²) in [6.45, 7) is 7.21. The van der Waals surface area contributed by atoms with E-state index in [4.69, 9.17) is 14.0 Å². The number of amides is 1. The Morgan fingerprint density at radius 1 is 1.23 bits per heavy atom. The van der Waals surface area contributed by atoms with Crippen LogP contribution in [0.15, 0.2) is 16.7 Å². The van der Waals surface area contributed by atoms with Crippen LogP contribution in [0.4, 0.5) is 18.0 Å². The van der Waals surface area contributed by atoms with Crippen LogP contribution >= 0.6 is 0 Å². The van der Waals surface area contributed by atoms with Gasteiger partial charge in [0.05, 0.1) is 5.69 Å². The zero-order valence-corrected chi connectivity index (χ0v) is 18.3. The third-order valence-electron chi connectivity index (χ3n) is 5.36. The SMILES string of the molecule is Cc1c(OCC(F)(F)F)ccc2c(CCC3CCN(C(=O)OC(C)(C)C)CC3)noc12. The average Bonchev–Trinajstić information content (AvgIpc) is 3.08. The van der Waals surface area contributed by atoms with E-state index in [1.165, 1.54) is 6.07 Å². The molecule has 0 atom stereocenters. The number of fused-ring (bicyclic) bond motifs is 1. The van der Waals surface area contributed by atoms with Gasteiger partial charge in [-0.3, -0.25) is 0 Å². The highest BCUT2D eigenvalue weighted by Crippen LogP contribution is 2.32. The summed E-state index contributed by atoms with van der Waals surface area (Å²) < 4.78 is 53.0. The second-order valence-corrected chi connectivity index (χ2v) is 9.05. The highest BCUT2D eigenvalue weighted by molar-refractivity contribution is 5.84.